The number of methoxy groups -OCH3 is 1. The predicted octanol–water partition coefficient (Wildman–Crippen LogP) is 2.92. The minimum atomic E-state index is 0.460. The average Bonchev–Trinajstić information content (AvgIpc) is 2.39. The lowest BCUT2D eigenvalue weighted by Crippen LogP contribution is -2.00. The van der Waals surface area contributed by atoms with E-state index in [1.165, 1.54) is 0 Å². The van der Waals surface area contributed by atoms with Gasteiger partial charge in [-0.1, -0.05) is 18.7 Å². The first kappa shape index (κ1) is 13.5. The van der Waals surface area contributed by atoms with Gasteiger partial charge in [-0.25, -0.2) is 9.97 Å². The second kappa shape index (κ2) is 6.29. The first-order valence-electron chi connectivity index (χ1n) is 5.89. The third kappa shape index (κ3) is 3.75. The molecule has 1 aromatic heterocycles. The molecule has 3 N–H and O–H groups in total. The van der Waals surface area contributed by atoms with Gasteiger partial charge in [0, 0.05) is 11.8 Å². The molecule has 0 radical (unpaired) electrons. The van der Waals surface area contributed by atoms with Crippen LogP contribution in [0.3, 0.4) is 0 Å². The Labute approximate surface area is 116 Å². The van der Waals surface area contributed by atoms with E-state index in [2.05, 4.69) is 15.3 Å². The summed E-state index contributed by atoms with van der Waals surface area (Å²) < 4.78 is 5.11. The molecule has 0 saturated carbocycles. The normalized spacial score (nSPS) is 10.2. The Morgan fingerprint density at radius 2 is 2.00 bits per heavy atom. The molecule has 0 amide bonds. The van der Waals surface area contributed by atoms with Gasteiger partial charge in [0.1, 0.15) is 17.4 Å². The highest BCUT2D eigenvalue weighted by atomic mass is 32.2. The molecule has 0 atom stereocenters. The summed E-state index contributed by atoms with van der Waals surface area (Å²) in [4.78, 5) is 8.55. The Hall–Kier alpha value is -1.95. The van der Waals surface area contributed by atoms with E-state index in [1.54, 1.807) is 24.9 Å². The predicted molar refractivity (Wildman–Crippen MR) is 79.1 cm³/mol. The summed E-state index contributed by atoms with van der Waals surface area (Å²) in [5.41, 5.74) is 6.69. The lowest BCUT2D eigenvalue weighted by Gasteiger charge is -2.08. The number of hydrogen-bond acceptors (Lipinski definition) is 6. The summed E-state index contributed by atoms with van der Waals surface area (Å²) in [6, 6.07) is 9.32. The molecule has 0 unspecified atom stereocenters. The Bertz CT molecular complexity index is 545. The van der Waals surface area contributed by atoms with E-state index in [0.717, 1.165) is 17.2 Å². The fourth-order valence-corrected chi connectivity index (χ4v) is 2.11. The van der Waals surface area contributed by atoms with Gasteiger partial charge < -0.3 is 15.8 Å². The fraction of sp³-hybridized carbons (Fsp3) is 0.231. The third-order valence-electron chi connectivity index (χ3n) is 2.36. The van der Waals surface area contributed by atoms with Crippen LogP contribution in [0, 0.1) is 0 Å². The molecule has 19 heavy (non-hydrogen) atoms. The number of nitrogens with one attached hydrogen (secondary N) is 1. The number of aromatic nitrogens is 2. The molecule has 100 valence electrons. The first-order valence-corrected chi connectivity index (χ1v) is 6.88. The van der Waals surface area contributed by atoms with Crippen LogP contribution in [0.1, 0.15) is 6.92 Å². The maximum Gasteiger partial charge on any atom is 0.191 e. The van der Waals surface area contributed by atoms with Gasteiger partial charge in [-0.3, -0.25) is 0 Å². The van der Waals surface area contributed by atoms with Gasteiger partial charge in [0.2, 0.25) is 0 Å². The molecule has 0 aliphatic rings. The van der Waals surface area contributed by atoms with E-state index < -0.39 is 0 Å². The average molecular weight is 276 g/mol. The number of rotatable bonds is 5. The van der Waals surface area contributed by atoms with Crippen LogP contribution in [0.5, 0.6) is 5.75 Å². The van der Waals surface area contributed by atoms with E-state index >= 15 is 0 Å². The maximum atomic E-state index is 5.76. The number of nitrogens with zero attached hydrogens (tertiary/aromatic N) is 2. The Balaban J connectivity index is 2.17. The number of ether oxygens (including phenoxy) is 1. The van der Waals surface area contributed by atoms with Crippen molar-refractivity contribution in [2.75, 3.05) is 23.9 Å². The van der Waals surface area contributed by atoms with E-state index in [1.807, 2.05) is 31.2 Å². The van der Waals surface area contributed by atoms with Crippen LogP contribution >= 0.6 is 11.8 Å². The molecule has 0 aliphatic carbocycles. The highest BCUT2D eigenvalue weighted by molar-refractivity contribution is 7.99. The van der Waals surface area contributed by atoms with Gasteiger partial charge in [-0.15, -0.1) is 0 Å². The van der Waals surface area contributed by atoms with Crippen molar-refractivity contribution in [1.82, 2.24) is 9.97 Å². The lowest BCUT2D eigenvalue weighted by molar-refractivity contribution is 0.415. The number of anilines is 3. The van der Waals surface area contributed by atoms with Crippen molar-refractivity contribution in [3.8, 4) is 5.75 Å². The molecular formula is C13H16N4OS. The van der Waals surface area contributed by atoms with Crippen molar-refractivity contribution in [1.29, 1.82) is 0 Å². The fourth-order valence-electron chi connectivity index (χ4n) is 1.52. The maximum absolute atomic E-state index is 5.76. The van der Waals surface area contributed by atoms with Crippen molar-refractivity contribution in [2.24, 2.45) is 0 Å². The molecule has 0 fully saturated rings. The van der Waals surface area contributed by atoms with Crippen molar-refractivity contribution < 1.29 is 4.74 Å². The SMILES string of the molecule is CCSc1nc(N)cc(Nc2ccc(OC)cc2)n1. The zero-order chi connectivity index (χ0) is 13.7. The minimum Gasteiger partial charge on any atom is -0.497 e. The van der Waals surface area contributed by atoms with Crippen molar-refractivity contribution in [3.05, 3.63) is 30.3 Å². The smallest absolute Gasteiger partial charge is 0.191 e. The van der Waals surface area contributed by atoms with E-state index in [4.69, 9.17) is 10.5 Å². The molecule has 0 aliphatic heterocycles. The van der Waals surface area contributed by atoms with Crippen LogP contribution in [-0.2, 0) is 0 Å². The Kier molecular flexibility index (Phi) is 4.46. The van der Waals surface area contributed by atoms with Crippen LogP contribution in [0.15, 0.2) is 35.5 Å². The highest BCUT2D eigenvalue weighted by Crippen LogP contribution is 2.22. The Morgan fingerprint density at radius 1 is 1.26 bits per heavy atom. The minimum absolute atomic E-state index is 0.460. The van der Waals surface area contributed by atoms with E-state index in [-0.39, 0.29) is 0 Å². The number of benzene rings is 1. The molecule has 2 rings (SSSR count). The topological polar surface area (TPSA) is 73.1 Å². The molecule has 1 aromatic carbocycles. The van der Waals surface area contributed by atoms with Crippen molar-refractivity contribution in [2.45, 2.75) is 12.1 Å². The van der Waals surface area contributed by atoms with Crippen LogP contribution < -0.4 is 15.8 Å². The molecule has 1 heterocycles. The molecule has 0 saturated heterocycles. The largest absolute Gasteiger partial charge is 0.497 e. The van der Waals surface area contributed by atoms with Crippen LogP contribution in [0.4, 0.5) is 17.3 Å². The Morgan fingerprint density at radius 3 is 2.63 bits per heavy atom. The summed E-state index contributed by atoms with van der Waals surface area (Å²) in [7, 11) is 1.64. The number of nitrogen functional groups attached to an aromatic ring is 1. The molecular weight excluding hydrogens is 260 g/mol. The van der Waals surface area contributed by atoms with Gasteiger partial charge in [-0.05, 0) is 30.0 Å². The summed E-state index contributed by atoms with van der Waals surface area (Å²) in [5.74, 6) is 2.87. The molecule has 2 aromatic rings. The molecule has 5 nitrogen and oxygen atoms in total. The summed E-state index contributed by atoms with van der Waals surface area (Å²) in [6.45, 7) is 2.05. The molecule has 6 heteroatoms. The zero-order valence-electron chi connectivity index (χ0n) is 10.9. The van der Waals surface area contributed by atoms with Gasteiger partial charge in [0.25, 0.3) is 0 Å². The third-order valence-corrected chi connectivity index (χ3v) is 3.09. The van der Waals surface area contributed by atoms with Crippen molar-refractivity contribution >= 4 is 29.1 Å². The second-order valence-corrected chi connectivity index (χ2v) is 4.98. The van der Waals surface area contributed by atoms with Gasteiger partial charge >= 0.3 is 0 Å². The monoisotopic (exact) mass is 276 g/mol. The number of nitrogens with two attached hydrogens (primary N) is 1. The van der Waals surface area contributed by atoms with Crippen molar-refractivity contribution in [3.63, 3.8) is 0 Å². The standard InChI is InChI=1S/C13H16N4OS/c1-3-19-13-16-11(14)8-12(17-13)15-9-4-6-10(18-2)7-5-9/h4-8H,3H2,1-2H3,(H3,14,15,16,17). The van der Waals surface area contributed by atoms with Gasteiger partial charge in [-0.2, -0.15) is 0 Å². The summed E-state index contributed by atoms with van der Waals surface area (Å²) in [5, 5.41) is 3.87. The summed E-state index contributed by atoms with van der Waals surface area (Å²) >= 11 is 1.56. The van der Waals surface area contributed by atoms with Gasteiger partial charge in [0.15, 0.2) is 5.16 Å². The zero-order valence-corrected chi connectivity index (χ0v) is 11.7. The number of hydrogen-bond donors (Lipinski definition) is 2. The van der Waals surface area contributed by atoms with Crippen LogP contribution in [0.25, 0.3) is 0 Å². The number of thioether (sulfide) groups is 1. The van der Waals surface area contributed by atoms with E-state index in [9.17, 15) is 0 Å². The van der Waals surface area contributed by atoms with E-state index in [0.29, 0.717) is 16.8 Å². The quantitative estimate of drug-likeness (QED) is 0.646. The summed E-state index contributed by atoms with van der Waals surface area (Å²) in [6.07, 6.45) is 0. The first-order chi connectivity index (χ1) is 9.21. The molecule has 0 spiro atoms. The molecule has 0 bridgehead atoms. The lowest BCUT2D eigenvalue weighted by atomic mass is 10.3. The van der Waals surface area contributed by atoms with Crippen LogP contribution in [-0.4, -0.2) is 22.8 Å². The second-order valence-electron chi connectivity index (χ2n) is 3.75. The highest BCUT2D eigenvalue weighted by Gasteiger charge is 2.03. The van der Waals surface area contributed by atoms with Gasteiger partial charge in [0.05, 0.1) is 7.11 Å². The van der Waals surface area contributed by atoms with Crippen LogP contribution in [0.2, 0.25) is 0 Å².